The second-order valence-corrected chi connectivity index (χ2v) is 5.24. The molecule has 2 rings (SSSR count). The first kappa shape index (κ1) is 13.3. The van der Waals surface area contributed by atoms with Crippen LogP contribution in [-0.4, -0.2) is 58.0 Å². The minimum atomic E-state index is -1.10. The van der Waals surface area contributed by atoms with E-state index in [2.05, 4.69) is 10.6 Å². The molecule has 1 amide bonds. The van der Waals surface area contributed by atoms with Gasteiger partial charge >= 0.3 is 5.97 Å². The van der Waals surface area contributed by atoms with Gasteiger partial charge in [-0.3, -0.25) is 9.59 Å². The zero-order chi connectivity index (χ0) is 13.3. The number of rotatable bonds is 4. The van der Waals surface area contributed by atoms with Crippen molar-refractivity contribution in [2.24, 2.45) is 5.92 Å². The van der Waals surface area contributed by atoms with Gasteiger partial charge in [-0.05, 0) is 19.3 Å². The summed E-state index contributed by atoms with van der Waals surface area (Å²) < 4.78 is 0. The summed E-state index contributed by atoms with van der Waals surface area (Å²) in [6, 6.07) is -0.432. The van der Waals surface area contributed by atoms with Crippen LogP contribution >= 0.6 is 0 Å². The predicted octanol–water partition coefficient (Wildman–Crippen LogP) is -1.95. The summed E-state index contributed by atoms with van der Waals surface area (Å²) in [7, 11) is 0. The molecular weight excluding hydrogens is 240 g/mol. The van der Waals surface area contributed by atoms with Gasteiger partial charge in [0, 0.05) is 13.1 Å². The molecule has 2 atom stereocenters. The highest BCUT2D eigenvalue weighted by atomic mass is 16.4. The minimum Gasteiger partial charge on any atom is -0.481 e. The van der Waals surface area contributed by atoms with Crippen molar-refractivity contribution in [2.75, 3.05) is 13.1 Å². The molecule has 0 aromatic rings. The van der Waals surface area contributed by atoms with Gasteiger partial charge in [0.1, 0.15) is 0 Å². The van der Waals surface area contributed by atoms with Crippen molar-refractivity contribution in [1.29, 1.82) is 0 Å². The third kappa shape index (κ3) is 2.80. The third-order valence-corrected chi connectivity index (χ3v) is 3.62. The van der Waals surface area contributed by atoms with E-state index < -0.39 is 29.6 Å². The standard InChI is InChI=1S/C11H18N2O5/c14-7-1-8(12-4-7)9(15)13-5-11(18)2-6(3-11)10(16)17/h6-8,12,14,18H,1-5H2,(H,13,15)(H,16,17)/t6?,7-,8-,11?/m1/s1. The molecular formula is C11H18N2O5. The van der Waals surface area contributed by atoms with Crippen LogP contribution in [0.4, 0.5) is 0 Å². The maximum Gasteiger partial charge on any atom is 0.306 e. The first-order valence-electron chi connectivity index (χ1n) is 6.04. The third-order valence-electron chi connectivity index (χ3n) is 3.62. The number of carboxylic acid groups (broad SMARTS) is 1. The zero-order valence-corrected chi connectivity index (χ0v) is 9.93. The molecule has 0 spiro atoms. The average molecular weight is 258 g/mol. The first-order valence-corrected chi connectivity index (χ1v) is 6.04. The molecule has 2 aliphatic rings. The molecule has 1 heterocycles. The number of carbonyl (C=O) groups excluding carboxylic acids is 1. The summed E-state index contributed by atoms with van der Waals surface area (Å²) in [6.45, 7) is 0.452. The van der Waals surface area contributed by atoms with Crippen LogP contribution in [0.5, 0.6) is 0 Å². The number of amides is 1. The Morgan fingerprint density at radius 1 is 1.39 bits per heavy atom. The van der Waals surface area contributed by atoms with Crippen molar-refractivity contribution in [3.63, 3.8) is 0 Å². The van der Waals surface area contributed by atoms with Gasteiger partial charge in [-0.15, -0.1) is 0 Å². The van der Waals surface area contributed by atoms with E-state index in [1.165, 1.54) is 0 Å². The molecule has 102 valence electrons. The summed E-state index contributed by atoms with van der Waals surface area (Å²) in [5.41, 5.74) is -1.10. The molecule has 0 bridgehead atoms. The largest absolute Gasteiger partial charge is 0.481 e. The van der Waals surface area contributed by atoms with Gasteiger partial charge in [0.2, 0.25) is 5.91 Å². The molecule has 0 aromatic heterocycles. The van der Waals surface area contributed by atoms with E-state index >= 15 is 0 Å². The number of nitrogens with one attached hydrogen (secondary N) is 2. The van der Waals surface area contributed by atoms with Crippen molar-refractivity contribution < 1.29 is 24.9 Å². The lowest BCUT2D eigenvalue weighted by Gasteiger charge is -2.41. The smallest absolute Gasteiger partial charge is 0.306 e. The number of carboxylic acids is 1. The Labute approximate surface area is 104 Å². The normalized spacial score (nSPS) is 39.1. The van der Waals surface area contributed by atoms with Gasteiger partial charge in [0.05, 0.1) is 23.7 Å². The van der Waals surface area contributed by atoms with Crippen LogP contribution in [-0.2, 0) is 9.59 Å². The van der Waals surface area contributed by atoms with Crippen molar-refractivity contribution in [3.05, 3.63) is 0 Å². The zero-order valence-electron chi connectivity index (χ0n) is 9.93. The van der Waals surface area contributed by atoms with Crippen LogP contribution < -0.4 is 10.6 Å². The number of aliphatic hydroxyl groups excluding tert-OH is 1. The number of β-amino-alcohol motifs (C(OH)–C–C–N with tert-alkyl or cyclic N) is 1. The van der Waals surface area contributed by atoms with Crippen molar-refractivity contribution in [1.82, 2.24) is 10.6 Å². The van der Waals surface area contributed by atoms with E-state index in [0.29, 0.717) is 13.0 Å². The Morgan fingerprint density at radius 2 is 2.06 bits per heavy atom. The monoisotopic (exact) mass is 258 g/mol. The molecule has 1 aliphatic carbocycles. The quantitative estimate of drug-likeness (QED) is 0.400. The van der Waals surface area contributed by atoms with E-state index in [9.17, 15) is 19.8 Å². The topological polar surface area (TPSA) is 119 Å². The highest BCUT2D eigenvalue weighted by Gasteiger charge is 2.46. The van der Waals surface area contributed by atoms with Gasteiger partial charge in [0.15, 0.2) is 0 Å². The second-order valence-electron chi connectivity index (χ2n) is 5.24. The van der Waals surface area contributed by atoms with E-state index in [4.69, 9.17) is 5.11 Å². The molecule has 18 heavy (non-hydrogen) atoms. The second kappa shape index (κ2) is 4.83. The molecule has 5 N–H and O–H groups in total. The average Bonchev–Trinajstić information content (AvgIpc) is 2.68. The van der Waals surface area contributed by atoms with Crippen molar-refractivity contribution >= 4 is 11.9 Å². The van der Waals surface area contributed by atoms with Crippen molar-refractivity contribution in [2.45, 2.75) is 37.0 Å². The summed E-state index contributed by atoms with van der Waals surface area (Å²) in [5, 5.41) is 33.4. The lowest BCUT2D eigenvalue weighted by molar-refractivity contribution is -0.158. The number of aliphatic hydroxyl groups is 2. The summed E-state index contributed by atoms with van der Waals surface area (Å²) in [6.07, 6.45) is 0.193. The van der Waals surface area contributed by atoms with Crippen LogP contribution in [0.3, 0.4) is 0 Å². The van der Waals surface area contributed by atoms with Crippen LogP contribution in [0.1, 0.15) is 19.3 Å². The molecule has 2 fully saturated rings. The SMILES string of the molecule is O=C(O)C1CC(O)(CNC(=O)[C@H]2C[C@@H](O)CN2)C1. The van der Waals surface area contributed by atoms with Gasteiger partial charge < -0.3 is 26.0 Å². The van der Waals surface area contributed by atoms with Gasteiger partial charge in [-0.1, -0.05) is 0 Å². The van der Waals surface area contributed by atoms with E-state index in [1.54, 1.807) is 0 Å². The Kier molecular flexibility index (Phi) is 3.56. The maximum atomic E-state index is 11.7. The first-order chi connectivity index (χ1) is 8.39. The molecule has 0 radical (unpaired) electrons. The predicted molar refractivity (Wildman–Crippen MR) is 60.7 cm³/mol. The van der Waals surface area contributed by atoms with Gasteiger partial charge in [-0.2, -0.15) is 0 Å². The fourth-order valence-corrected chi connectivity index (χ4v) is 2.47. The van der Waals surface area contributed by atoms with Gasteiger partial charge in [0.25, 0.3) is 0 Å². The van der Waals surface area contributed by atoms with Crippen LogP contribution in [0.2, 0.25) is 0 Å². The molecule has 0 aromatic carbocycles. The Hall–Kier alpha value is -1.18. The minimum absolute atomic E-state index is 0.0594. The lowest BCUT2D eigenvalue weighted by Crippen LogP contribution is -2.55. The Bertz CT molecular complexity index is 353. The maximum absolute atomic E-state index is 11.7. The highest BCUT2D eigenvalue weighted by Crippen LogP contribution is 2.37. The molecule has 1 aliphatic heterocycles. The van der Waals surface area contributed by atoms with Gasteiger partial charge in [-0.25, -0.2) is 0 Å². The number of carbonyl (C=O) groups is 2. The van der Waals surface area contributed by atoms with E-state index in [-0.39, 0.29) is 25.3 Å². The molecule has 7 nitrogen and oxygen atoms in total. The number of hydrogen-bond donors (Lipinski definition) is 5. The molecule has 0 unspecified atom stereocenters. The molecule has 1 saturated heterocycles. The van der Waals surface area contributed by atoms with E-state index in [1.807, 2.05) is 0 Å². The van der Waals surface area contributed by atoms with Crippen LogP contribution in [0, 0.1) is 5.92 Å². The summed E-state index contributed by atoms with van der Waals surface area (Å²) >= 11 is 0. The summed E-state index contributed by atoms with van der Waals surface area (Å²) in [4.78, 5) is 22.3. The molecule has 1 saturated carbocycles. The molecule has 7 heteroatoms. The lowest BCUT2D eigenvalue weighted by atomic mass is 9.71. The summed E-state index contributed by atoms with van der Waals surface area (Å²) in [5.74, 6) is -1.69. The Morgan fingerprint density at radius 3 is 2.56 bits per heavy atom. The van der Waals surface area contributed by atoms with Crippen molar-refractivity contribution in [3.8, 4) is 0 Å². The number of aliphatic carboxylic acids is 1. The number of hydrogen-bond acceptors (Lipinski definition) is 5. The Balaban J connectivity index is 1.72. The van der Waals surface area contributed by atoms with Crippen LogP contribution in [0.15, 0.2) is 0 Å². The van der Waals surface area contributed by atoms with Crippen LogP contribution in [0.25, 0.3) is 0 Å². The highest BCUT2D eigenvalue weighted by molar-refractivity contribution is 5.82. The fourth-order valence-electron chi connectivity index (χ4n) is 2.47. The fraction of sp³-hybridized carbons (Fsp3) is 0.818. The van der Waals surface area contributed by atoms with E-state index in [0.717, 1.165) is 0 Å².